The first-order valence-electron chi connectivity index (χ1n) is 14.2. The van der Waals surface area contributed by atoms with Crippen molar-refractivity contribution < 1.29 is 27.2 Å². The van der Waals surface area contributed by atoms with Crippen molar-refractivity contribution in [3.63, 3.8) is 0 Å². The monoisotopic (exact) mass is 643 g/mol. The van der Waals surface area contributed by atoms with Crippen LogP contribution in [-0.4, -0.2) is 60.3 Å². The second kappa shape index (κ2) is 12.5. The normalized spacial score (nSPS) is 16.2. The molecular weight excluding hydrogens is 609 g/mol. The molecule has 0 unspecified atom stereocenters. The highest BCUT2D eigenvalue weighted by Gasteiger charge is 2.33. The van der Waals surface area contributed by atoms with Crippen LogP contribution in [-0.2, 0) is 11.2 Å². The molecular formula is C33H35ClF3N4O2S+. The number of methoxy groups -OCH3 is 1. The summed E-state index contributed by atoms with van der Waals surface area (Å²) in [6.45, 7) is 5.71. The van der Waals surface area contributed by atoms with E-state index in [1.165, 1.54) is 49.2 Å². The number of quaternary nitrogens is 1. The molecule has 232 valence electrons. The van der Waals surface area contributed by atoms with E-state index >= 15 is 4.39 Å². The zero-order valence-electron chi connectivity index (χ0n) is 25.3. The summed E-state index contributed by atoms with van der Waals surface area (Å²) >= 11 is 7.79. The molecule has 0 spiro atoms. The minimum absolute atomic E-state index is 0.0225. The first kappa shape index (κ1) is 31.9. The fraction of sp³-hybridized carbons (Fsp3) is 0.333. The molecule has 0 radical (unpaired) electrons. The Morgan fingerprint density at radius 3 is 2.48 bits per heavy atom. The Bertz CT molecular complexity index is 1670. The molecule has 1 atom stereocenters. The Morgan fingerprint density at radius 1 is 1.11 bits per heavy atom. The number of nitrogens with zero attached hydrogens (tertiary/aromatic N) is 3. The summed E-state index contributed by atoms with van der Waals surface area (Å²) < 4.78 is 51.4. The van der Waals surface area contributed by atoms with Gasteiger partial charge in [0.25, 0.3) is 5.91 Å². The number of thioether (sulfide) groups is 1. The molecule has 1 amide bonds. The molecule has 1 fully saturated rings. The fourth-order valence-corrected chi connectivity index (χ4v) is 6.97. The van der Waals surface area contributed by atoms with Crippen molar-refractivity contribution in [2.24, 2.45) is 0 Å². The van der Waals surface area contributed by atoms with Gasteiger partial charge in [-0.3, -0.25) is 9.36 Å². The smallest absolute Gasteiger partial charge is 0.251 e. The Kier molecular flexibility index (Phi) is 9.07. The molecule has 1 aromatic heterocycles. The van der Waals surface area contributed by atoms with E-state index < -0.39 is 17.0 Å². The van der Waals surface area contributed by atoms with Gasteiger partial charge in [0.2, 0.25) is 0 Å². The van der Waals surface area contributed by atoms with Gasteiger partial charge < -0.3 is 14.5 Å². The quantitative estimate of drug-likeness (QED) is 0.156. The molecule has 1 N–H and O–H groups in total. The van der Waals surface area contributed by atoms with Gasteiger partial charge in [0.1, 0.15) is 11.6 Å². The average molecular weight is 644 g/mol. The third-order valence-corrected chi connectivity index (χ3v) is 9.53. The maximum Gasteiger partial charge on any atom is 0.251 e. The average Bonchev–Trinajstić information content (AvgIpc) is 3.55. The number of amides is 1. The molecule has 0 bridgehead atoms. The summed E-state index contributed by atoms with van der Waals surface area (Å²) in [7, 11) is 5.63. The van der Waals surface area contributed by atoms with Gasteiger partial charge in [-0.2, -0.15) is 0 Å². The van der Waals surface area contributed by atoms with Crippen molar-refractivity contribution in [2.45, 2.75) is 42.6 Å². The Balaban J connectivity index is 1.43. The van der Waals surface area contributed by atoms with Crippen LogP contribution in [0.2, 0.25) is 5.02 Å². The number of benzene rings is 3. The maximum atomic E-state index is 15.4. The largest absolute Gasteiger partial charge is 0.494 e. The molecule has 6 nitrogen and oxygen atoms in total. The lowest BCUT2D eigenvalue weighted by atomic mass is 9.81. The van der Waals surface area contributed by atoms with Crippen LogP contribution in [0.1, 0.15) is 47.4 Å². The van der Waals surface area contributed by atoms with E-state index in [0.717, 1.165) is 35.3 Å². The lowest BCUT2D eigenvalue weighted by Gasteiger charge is -2.28. The SMILES string of the molecule is COc1cc(C(C)(C)c2cnc(SCc3c(F)cc(C(=O)N[C@H]4CC[N+](C)(C)C4)cc3Cl)n2-c2ccc(F)cc2)ccc1F. The van der Waals surface area contributed by atoms with Gasteiger partial charge >= 0.3 is 0 Å². The minimum Gasteiger partial charge on any atom is -0.494 e. The molecule has 44 heavy (non-hydrogen) atoms. The third kappa shape index (κ3) is 6.62. The summed E-state index contributed by atoms with van der Waals surface area (Å²) in [6.07, 6.45) is 2.56. The van der Waals surface area contributed by atoms with E-state index in [1.54, 1.807) is 30.5 Å². The van der Waals surface area contributed by atoms with Crippen LogP contribution >= 0.6 is 23.4 Å². The molecule has 5 rings (SSSR count). The van der Waals surface area contributed by atoms with E-state index in [9.17, 15) is 13.6 Å². The molecule has 1 aliphatic rings. The Hall–Kier alpha value is -3.47. The zero-order chi connectivity index (χ0) is 31.8. The first-order valence-corrected chi connectivity index (χ1v) is 15.6. The van der Waals surface area contributed by atoms with Crippen molar-refractivity contribution in [3.8, 4) is 11.4 Å². The van der Waals surface area contributed by atoms with Gasteiger partial charge in [0.05, 0.1) is 52.2 Å². The molecule has 0 saturated carbocycles. The maximum absolute atomic E-state index is 15.4. The van der Waals surface area contributed by atoms with Gasteiger partial charge in [0.15, 0.2) is 16.7 Å². The number of likely N-dealkylation sites (N-methyl/N-ethyl adjacent to an activating group) is 1. The van der Waals surface area contributed by atoms with E-state index in [1.807, 2.05) is 18.4 Å². The van der Waals surface area contributed by atoms with Crippen molar-refractivity contribution in [1.82, 2.24) is 14.9 Å². The Labute approximate surface area is 264 Å². The summed E-state index contributed by atoms with van der Waals surface area (Å²) in [5.74, 6) is -1.56. The van der Waals surface area contributed by atoms with Crippen LogP contribution in [0.5, 0.6) is 5.75 Å². The van der Waals surface area contributed by atoms with Crippen LogP contribution in [0.4, 0.5) is 13.2 Å². The number of aromatic nitrogens is 2. The van der Waals surface area contributed by atoms with Gasteiger partial charge in [-0.25, -0.2) is 18.2 Å². The molecule has 2 heterocycles. The van der Waals surface area contributed by atoms with Gasteiger partial charge in [0, 0.05) is 39.4 Å². The number of rotatable bonds is 9. The van der Waals surface area contributed by atoms with E-state index in [0.29, 0.717) is 10.8 Å². The molecule has 11 heteroatoms. The van der Waals surface area contributed by atoms with Crippen LogP contribution in [0.3, 0.4) is 0 Å². The highest BCUT2D eigenvalue weighted by Crippen LogP contribution is 2.39. The van der Waals surface area contributed by atoms with E-state index in [4.69, 9.17) is 16.3 Å². The second-order valence-electron chi connectivity index (χ2n) is 12.2. The van der Waals surface area contributed by atoms with Crippen LogP contribution in [0.15, 0.2) is 66.0 Å². The number of likely N-dealkylation sites (tertiary alicyclic amines) is 1. The number of hydrogen-bond acceptors (Lipinski definition) is 4. The van der Waals surface area contributed by atoms with Crippen molar-refractivity contribution >= 4 is 29.3 Å². The predicted octanol–water partition coefficient (Wildman–Crippen LogP) is 7.15. The number of carbonyl (C=O) groups excluding carboxylic acids is 1. The summed E-state index contributed by atoms with van der Waals surface area (Å²) in [5, 5.41) is 3.66. The molecule has 4 aromatic rings. The van der Waals surface area contributed by atoms with Crippen LogP contribution in [0, 0.1) is 17.5 Å². The fourth-order valence-electron chi connectivity index (χ4n) is 5.59. The van der Waals surface area contributed by atoms with Gasteiger partial charge in [-0.1, -0.05) is 43.3 Å². The molecule has 1 aliphatic heterocycles. The highest BCUT2D eigenvalue weighted by atomic mass is 35.5. The molecule has 1 saturated heterocycles. The van der Waals surface area contributed by atoms with Gasteiger partial charge in [-0.15, -0.1) is 0 Å². The highest BCUT2D eigenvalue weighted by molar-refractivity contribution is 7.98. The topological polar surface area (TPSA) is 56.1 Å². The summed E-state index contributed by atoms with van der Waals surface area (Å²) in [5.41, 5.74) is 1.89. The predicted molar refractivity (Wildman–Crippen MR) is 167 cm³/mol. The van der Waals surface area contributed by atoms with Crippen molar-refractivity contribution in [3.05, 3.63) is 106 Å². The first-order chi connectivity index (χ1) is 20.8. The van der Waals surface area contributed by atoms with Gasteiger partial charge in [-0.05, 0) is 54.1 Å². The minimum atomic E-state index is -0.688. The lowest BCUT2D eigenvalue weighted by Crippen LogP contribution is -2.42. The van der Waals surface area contributed by atoms with E-state index in [2.05, 4.69) is 24.4 Å². The summed E-state index contributed by atoms with van der Waals surface area (Å²) in [4.78, 5) is 17.5. The van der Waals surface area contributed by atoms with Crippen LogP contribution in [0.25, 0.3) is 5.69 Å². The Morgan fingerprint density at radius 2 is 1.84 bits per heavy atom. The van der Waals surface area contributed by atoms with Crippen LogP contribution < -0.4 is 10.1 Å². The number of ether oxygens (including phenoxy) is 1. The number of imidazole rings is 1. The van der Waals surface area contributed by atoms with E-state index in [-0.39, 0.29) is 45.4 Å². The number of hydrogen-bond donors (Lipinski definition) is 1. The number of halogens is 4. The molecule has 3 aromatic carbocycles. The van der Waals surface area contributed by atoms with Crippen molar-refractivity contribution in [2.75, 3.05) is 34.3 Å². The summed E-state index contributed by atoms with van der Waals surface area (Å²) in [6, 6.07) is 13.4. The second-order valence-corrected chi connectivity index (χ2v) is 13.6. The number of nitrogens with one attached hydrogen (secondary N) is 1. The number of carbonyl (C=O) groups is 1. The standard InChI is InChI=1S/C33H34ClF3N4O2S/c1-33(2,21-6-11-27(36)29(16-21)43-5)30-17-38-32(40(30)24-9-7-22(35)8-10-24)44-19-25-26(34)14-20(15-28(25)37)31(42)39-23-12-13-41(3,4)18-23/h6-11,14-17,23H,12-13,18-19H2,1-5H3/p+1/t23-/m0/s1. The van der Waals surface area contributed by atoms with Crippen molar-refractivity contribution in [1.29, 1.82) is 0 Å². The third-order valence-electron chi connectivity index (χ3n) is 8.21. The molecule has 0 aliphatic carbocycles. The lowest BCUT2D eigenvalue weighted by molar-refractivity contribution is -0.878. The zero-order valence-corrected chi connectivity index (χ0v) is 26.8.